The third kappa shape index (κ3) is 2.72. The van der Waals surface area contributed by atoms with Crippen molar-refractivity contribution < 1.29 is 9.53 Å². The average Bonchev–Trinajstić information content (AvgIpc) is 2.88. The van der Waals surface area contributed by atoms with Crippen molar-refractivity contribution in [3.8, 4) is 0 Å². The topological polar surface area (TPSA) is 68.2 Å². The van der Waals surface area contributed by atoms with E-state index >= 15 is 0 Å². The van der Waals surface area contributed by atoms with Crippen LogP contribution in [0.4, 0.5) is 11.5 Å². The molecule has 0 saturated heterocycles. The van der Waals surface area contributed by atoms with E-state index in [9.17, 15) is 4.79 Å². The highest BCUT2D eigenvalue weighted by Crippen LogP contribution is 2.53. The van der Waals surface area contributed by atoms with E-state index in [4.69, 9.17) is 21.3 Å². The number of aryl methyl sites for hydroxylation is 1. The minimum absolute atomic E-state index is 0.0397. The van der Waals surface area contributed by atoms with E-state index in [1.165, 1.54) is 12.6 Å². The third-order valence-corrected chi connectivity index (χ3v) is 5.32. The van der Waals surface area contributed by atoms with E-state index < -0.39 is 5.97 Å². The van der Waals surface area contributed by atoms with E-state index in [1.807, 2.05) is 31.7 Å². The summed E-state index contributed by atoms with van der Waals surface area (Å²) in [5.74, 6) is 0.0502. The number of anilines is 2. The van der Waals surface area contributed by atoms with Gasteiger partial charge in [0.25, 0.3) is 0 Å². The van der Waals surface area contributed by atoms with Crippen LogP contribution in [0.1, 0.15) is 54.9 Å². The molecular weight excluding hydrogens is 352 g/mol. The quantitative estimate of drug-likeness (QED) is 0.599. The lowest BCUT2D eigenvalue weighted by Gasteiger charge is -2.38. The zero-order valence-corrected chi connectivity index (χ0v) is 15.9. The molecule has 6 nitrogen and oxygen atoms in total. The molecule has 1 aliphatic heterocycles. The van der Waals surface area contributed by atoms with Crippen molar-refractivity contribution >= 4 is 29.1 Å². The Bertz CT molecular complexity index is 880. The summed E-state index contributed by atoms with van der Waals surface area (Å²) < 4.78 is 5.37. The minimum Gasteiger partial charge on any atom is -0.459 e. The van der Waals surface area contributed by atoms with Crippen LogP contribution in [0.5, 0.6) is 0 Å². The molecule has 26 heavy (non-hydrogen) atoms. The molecule has 7 heteroatoms. The molecule has 0 amide bonds. The van der Waals surface area contributed by atoms with Crippen molar-refractivity contribution in [1.29, 1.82) is 0 Å². The van der Waals surface area contributed by atoms with Crippen molar-refractivity contribution in [2.45, 2.75) is 51.6 Å². The normalized spacial score (nSPS) is 17.3. The summed E-state index contributed by atoms with van der Waals surface area (Å²) in [6, 6.07) is 4.04. The number of nitrogens with zero attached hydrogens (tertiary/aromatic N) is 4. The number of carbonyl (C=O) groups excluding carboxylic acids is 1. The number of carbonyl (C=O) groups is 1. The van der Waals surface area contributed by atoms with Crippen LogP contribution >= 0.6 is 11.6 Å². The van der Waals surface area contributed by atoms with Crippen LogP contribution in [0.3, 0.4) is 0 Å². The second-order valence-corrected chi connectivity index (χ2v) is 7.71. The summed E-state index contributed by atoms with van der Waals surface area (Å²) in [7, 11) is 0. The molecule has 0 N–H and O–H groups in total. The molecule has 136 valence electrons. The highest BCUT2D eigenvalue weighted by molar-refractivity contribution is 6.28. The maximum Gasteiger partial charge on any atom is 0.343 e. The van der Waals surface area contributed by atoms with Crippen LogP contribution in [0.25, 0.3) is 0 Å². The summed E-state index contributed by atoms with van der Waals surface area (Å²) in [5, 5.41) is 0.109. The molecule has 3 heterocycles. The summed E-state index contributed by atoms with van der Waals surface area (Å²) >= 11 is 6.06. The Morgan fingerprint density at radius 3 is 2.73 bits per heavy atom. The van der Waals surface area contributed by atoms with Gasteiger partial charge >= 0.3 is 5.97 Å². The van der Waals surface area contributed by atoms with Crippen molar-refractivity contribution in [1.82, 2.24) is 15.0 Å². The molecule has 2 aromatic rings. The first-order valence-electron chi connectivity index (χ1n) is 8.89. The SMILES string of the molecule is Cc1ccc2c(n1)C1(CCC1)CN2c1nc(Cl)ncc1C(=O)OC(C)C. The van der Waals surface area contributed by atoms with Gasteiger partial charge in [-0.05, 0) is 57.3 Å². The van der Waals surface area contributed by atoms with Gasteiger partial charge in [0.05, 0.1) is 17.5 Å². The zero-order chi connectivity index (χ0) is 18.5. The number of ether oxygens (including phenoxy) is 1. The van der Waals surface area contributed by atoms with Gasteiger partial charge in [0.1, 0.15) is 5.56 Å². The molecule has 2 aliphatic rings. The van der Waals surface area contributed by atoms with Crippen LogP contribution < -0.4 is 4.90 Å². The maximum atomic E-state index is 12.6. The van der Waals surface area contributed by atoms with Crippen LogP contribution in [-0.2, 0) is 10.2 Å². The first kappa shape index (κ1) is 17.2. The predicted molar refractivity (Wildman–Crippen MR) is 99.1 cm³/mol. The fourth-order valence-electron chi connectivity index (χ4n) is 3.79. The number of hydrogen-bond donors (Lipinski definition) is 0. The van der Waals surface area contributed by atoms with Gasteiger partial charge in [-0.2, -0.15) is 4.98 Å². The number of halogens is 1. The van der Waals surface area contributed by atoms with Crippen LogP contribution in [-0.4, -0.2) is 33.6 Å². The lowest BCUT2D eigenvalue weighted by molar-refractivity contribution is 0.0378. The van der Waals surface area contributed by atoms with Crippen LogP contribution in [0.2, 0.25) is 5.28 Å². The van der Waals surface area contributed by atoms with Crippen LogP contribution in [0, 0.1) is 6.92 Å². The van der Waals surface area contributed by atoms with Crippen molar-refractivity contribution in [3.05, 3.63) is 40.6 Å². The highest BCUT2D eigenvalue weighted by atomic mass is 35.5. The summed E-state index contributed by atoms with van der Waals surface area (Å²) in [6.07, 6.45) is 4.60. The standard InChI is InChI=1S/C19H21ClN4O2/c1-11(2)26-17(25)13-9-21-18(20)23-16(13)24-10-19(7-4-8-19)15-14(24)6-5-12(3)22-15/h5-6,9,11H,4,7-8,10H2,1-3H3. The van der Waals surface area contributed by atoms with Gasteiger partial charge in [-0.3, -0.25) is 4.98 Å². The Morgan fingerprint density at radius 2 is 2.08 bits per heavy atom. The Labute approximate surface area is 157 Å². The fourth-order valence-corrected chi connectivity index (χ4v) is 3.92. The molecule has 0 aromatic carbocycles. The first-order valence-corrected chi connectivity index (χ1v) is 9.27. The molecule has 0 radical (unpaired) electrons. The van der Waals surface area contributed by atoms with Crippen molar-refractivity contribution in [2.24, 2.45) is 0 Å². The minimum atomic E-state index is -0.442. The molecule has 1 spiro atoms. The molecule has 4 rings (SSSR count). The van der Waals surface area contributed by atoms with Gasteiger partial charge in [0, 0.05) is 23.9 Å². The van der Waals surface area contributed by atoms with E-state index in [1.54, 1.807) is 0 Å². The van der Waals surface area contributed by atoms with Crippen LogP contribution in [0.15, 0.2) is 18.3 Å². The van der Waals surface area contributed by atoms with Gasteiger partial charge in [-0.1, -0.05) is 6.42 Å². The van der Waals surface area contributed by atoms with E-state index in [0.29, 0.717) is 11.4 Å². The predicted octanol–water partition coefficient (Wildman–Crippen LogP) is 3.97. The maximum absolute atomic E-state index is 12.6. The largest absolute Gasteiger partial charge is 0.459 e. The van der Waals surface area contributed by atoms with E-state index in [-0.39, 0.29) is 16.8 Å². The Morgan fingerprint density at radius 1 is 1.31 bits per heavy atom. The summed E-state index contributed by atoms with van der Waals surface area (Å²) in [5.41, 5.74) is 3.45. The number of pyridine rings is 1. The third-order valence-electron chi connectivity index (χ3n) is 5.14. The first-order chi connectivity index (χ1) is 12.4. The van der Waals surface area contributed by atoms with Gasteiger partial charge in [0.15, 0.2) is 5.82 Å². The molecule has 2 aromatic heterocycles. The number of hydrogen-bond acceptors (Lipinski definition) is 6. The molecule has 1 aliphatic carbocycles. The smallest absolute Gasteiger partial charge is 0.343 e. The lowest BCUT2D eigenvalue weighted by Crippen LogP contribution is -2.39. The Hall–Kier alpha value is -2.21. The lowest BCUT2D eigenvalue weighted by atomic mass is 9.67. The van der Waals surface area contributed by atoms with Gasteiger partial charge in [-0.15, -0.1) is 0 Å². The number of rotatable bonds is 3. The molecule has 1 saturated carbocycles. The van der Waals surface area contributed by atoms with Gasteiger partial charge in [-0.25, -0.2) is 9.78 Å². The summed E-state index contributed by atoms with van der Waals surface area (Å²) in [4.78, 5) is 27.8. The molecule has 0 bridgehead atoms. The molecule has 0 atom stereocenters. The Balaban J connectivity index is 1.82. The number of esters is 1. The number of aromatic nitrogens is 3. The molecular formula is C19H21ClN4O2. The van der Waals surface area contributed by atoms with Gasteiger partial charge in [0.2, 0.25) is 5.28 Å². The van der Waals surface area contributed by atoms with Crippen molar-refractivity contribution in [3.63, 3.8) is 0 Å². The van der Waals surface area contributed by atoms with E-state index in [0.717, 1.165) is 36.5 Å². The molecule has 0 unspecified atom stereocenters. The second kappa shape index (κ2) is 6.20. The number of fused-ring (bicyclic) bond motifs is 2. The monoisotopic (exact) mass is 372 g/mol. The molecule has 1 fully saturated rings. The van der Waals surface area contributed by atoms with E-state index in [2.05, 4.69) is 16.0 Å². The van der Waals surface area contributed by atoms with Crippen molar-refractivity contribution in [2.75, 3.05) is 11.4 Å². The Kier molecular flexibility index (Phi) is 4.10. The summed E-state index contributed by atoms with van der Waals surface area (Å²) in [6.45, 7) is 6.38. The second-order valence-electron chi connectivity index (χ2n) is 7.37. The zero-order valence-electron chi connectivity index (χ0n) is 15.1. The fraction of sp³-hybridized carbons (Fsp3) is 0.474. The van der Waals surface area contributed by atoms with Gasteiger partial charge < -0.3 is 9.64 Å². The highest BCUT2D eigenvalue weighted by Gasteiger charge is 2.49. The average molecular weight is 373 g/mol.